The third kappa shape index (κ3) is 5.29. The second-order valence-corrected chi connectivity index (χ2v) is 8.32. The molecule has 0 saturated heterocycles. The number of hydrogen-bond acceptors (Lipinski definition) is 5. The van der Waals surface area contributed by atoms with Crippen LogP contribution in [0.2, 0.25) is 10.2 Å². The van der Waals surface area contributed by atoms with Crippen molar-refractivity contribution in [1.29, 1.82) is 0 Å². The molecule has 3 aromatic rings. The van der Waals surface area contributed by atoms with Crippen LogP contribution in [0, 0.1) is 0 Å². The molecule has 11 heteroatoms. The summed E-state index contributed by atoms with van der Waals surface area (Å²) in [5, 5.41) is 14.2. The quantitative estimate of drug-likeness (QED) is 0.492. The lowest BCUT2D eigenvalue weighted by Gasteiger charge is -2.12. The normalized spacial score (nSPS) is 10.9. The Labute approximate surface area is 177 Å². The molecule has 0 saturated carbocycles. The second kappa shape index (κ2) is 8.70. The van der Waals surface area contributed by atoms with Crippen LogP contribution in [0.5, 0.6) is 0 Å². The van der Waals surface area contributed by atoms with E-state index < -0.39 is 10.0 Å². The van der Waals surface area contributed by atoms with Gasteiger partial charge in [0.15, 0.2) is 16.1 Å². The highest BCUT2D eigenvalue weighted by molar-refractivity contribution is 7.92. The number of halogens is 2. The first-order valence-corrected chi connectivity index (χ1v) is 10.4. The Morgan fingerprint density at radius 1 is 0.893 bits per heavy atom. The van der Waals surface area contributed by atoms with Crippen molar-refractivity contribution in [2.45, 2.75) is 4.90 Å². The van der Waals surface area contributed by atoms with E-state index in [4.69, 9.17) is 35.4 Å². The predicted molar refractivity (Wildman–Crippen MR) is 116 cm³/mol. The maximum Gasteiger partial charge on any atom is 0.263 e. The van der Waals surface area contributed by atoms with Gasteiger partial charge in [0.2, 0.25) is 0 Å². The van der Waals surface area contributed by atoms with E-state index >= 15 is 0 Å². The topological polar surface area (TPSA) is 96.0 Å². The minimum Gasteiger partial charge on any atom is -0.332 e. The summed E-state index contributed by atoms with van der Waals surface area (Å²) in [5.41, 5.74) is 1.27. The van der Waals surface area contributed by atoms with Crippen molar-refractivity contribution < 1.29 is 8.42 Å². The Morgan fingerprint density at radius 3 is 2.25 bits per heavy atom. The molecule has 0 atom stereocenters. The summed E-state index contributed by atoms with van der Waals surface area (Å²) in [4.78, 5) is 0.0554. The van der Waals surface area contributed by atoms with Crippen molar-refractivity contribution in [3.63, 3.8) is 0 Å². The zero-order chi connectivity index (χ0) is 20.1. The van der Waals surface area contributed by atoms with Gasteiger partial charge in [-0.05, 0) is 60.7 Å². The van der Waals surface area contributed by atoms with Crippen LogP contribution >= 0.6 is 35.4 Å². The molecule has 0 fully saturated rings. The van der Waals surface area contributed by atoms with Gasteiger partial charge in [-0.15, -0.1) is 10.2 Å². The summed E-state index contributed by atoms with van der Waals surface area (Å²) in [7, 11) is -3.81. The van der Waals surface area contributed by atoms with Crippen LogP contribution in [0.4, 0.5) is 17.2 Å². The number of hydrogen-bond donors (Lipinski definition) is 3. The number of para-hydroxylation sites is 1. The number of thiocarbonyl (C=S) groups is 1. The summed E-state index contributed by atoms with van der Waals surface area (Å²) in [5.74, 6) is 0.0664. The largest absolute Gasteiger partial charge is 0.332 e. The van der Waals surface area contributed by atoms with Crippen LogP contribution in [0.1, 0.15) is 0 Å². The Balaban J connectivity index is 1.66. The van der Waals surface area contributed by atoms with Gasteiger partial charge in [-0.2, -0.15) is 0 Å². The Kier molecular flexibility index (Phi) is 6.30. The average Bonchev–Trinajstić information content (AvgIpc) is 2.66. The first kappa shape index (κ1) is 20.3. The Morgan fingerprint density at radius 2 is 1.61 bits per heavy atom. The van der Waals surface area contributed by atoms with Crippen molar-refractivity contribution in [2.75, 3.05) is 15.4 Å². The summed E-state index contributed by atoms with van der Waals surface area (Å²) in [6.45, 7) is 0. The maximum absolute atomic E-state index is 12.4. The lowest BCUT2D eigenvalue weighted by molar-refractivity contribution is 0.601. The van der Waals surface area contributed by atoms with E-state index in [1.807, 2.05) is 12.1 Å². The molecule has 0 amide bonds. The molecule has 7 nitrogen and oxygen atoms in total. The summed E-state index contributed by atoms with van der Waals surface area (Å²) < 4.78 is 27.2. The molecule has 2 aromatic carbocycles. The summed E-state index contributed by atoms with van der Waals surface area (Å²) in [6.07, 6.45) is 0. The fourth-order valence-electron chi connectivity index (χ4n) is 2.13. The number of anilines is 3. The molecule has 3 N–H and O–H groups in total. The van der Waals surface area contributed by atoms with Crippen molar-refractivity contribution in [1.82, 2.24) is 10.2 Å². The lowest BCUT2D eigenvalue weighted by atomic mass is 10.3. The molecule has 0 aliphatic rings. The molecule has 3 rings (SSSR count). The number of aromatic nitrogens is 2. The Bertz CT molecular complexity index is 1090. The van der Waals surface area contributed by atoms with Crippen LogP contribution in [0.25, 0.3) is 0 Å². The zero-order valence-corrected chi connectivity index (χ0v) is 17.2. The van der Waals surface area contributed by atoms with E-state index in [0.717, 1.165) is 0 Å². The van der Waals surface area contributed by atoms with Crippen molar-refractivity contribution in [3.05, 3.63) is 70.8 Å². The number of nitrogens with one attached hydrogen (secondary N) is 3. The van der Waals surface area contributed by atoms with Gasteiger partial charge < -0.3 is 10.6 Å². The predicted octanol–water partition coefficient (Wildman–Crippen LogP) is 4.39. The fraction of sp³-hybridized carbons (Fsp3) is 0. The van der Waals surface area contributed by atoms with Gasteiger partial charge in [0.05, 0.1) is 15.6 Å². The molecule has 0 aliphatic heterocycles. The number of rotatable bonds is 5. The van der Waals surface area contributed by atoms with E-state index in [2.05, 4.69) is 25.6 Å². The minimum absolute atomic E-state index is 0.0554. The van der Waals surface area contributed by atoms with E-state index in [9.17, 15) is 8.42 Å². The molecular weight excluding hydrogens is 441 g/mol. The van der Waals surface area contributed by atoms with Gasteiger partial charge in [-0.3, -0.25) is 4.72 Å². The zero-order valence-electron chi connectivity index (χ0n) is 14.1. The molecule has 0 aliphatic carbocycles. The smallest absolute Gasteiger partial charge is 0.263 e. The van der Waals surface area contributed by atoms with Crippen molar-refractivity contribution in [3.8, 4) is 0 Å². The molecule has 28 heavy (non-hydrogen) atoms. The van der Waals surface area contributed by atoms with Crippen LogP contribution in [0.3, 0.4) is 0 Å². The molecule has 1 aromatic heterocycles. The third-order valence-electron chi connectivity index (χ3n) is 3.42. The van der Waals surface area contributed by atoms with Crippen LogP contribution in [0.15, 0.2) is 65.6 Å². The van der Waals surface area contributed by atoms with Crippen LogP contribution in [-0.2, 0) is 10.0 Å². The van der Waals surface area contributed by atoms with E-state index in [1.165, 1.54) is 24.3 Å². The van der Waals surface area contributed by atoms with Gasteiger partial charge >= 0.3 is 0 Å². The van der Waals surface area contributed by atoms with Crippen LogP contribution < -0.4 is 15.4 Å². The highest BCUT2D eigenvalue weighted by atomic mass is 35.5. The van der Waals surface area contributed by atoms with E-state index in [0.29, 0.717) is 21.5 Å². The molecule has 0 unspecified atom stereocenters. The van der Waals surface area contributed by atoms with E-state index in [1.54, 1.807) is 24.3 Å². The van der Waals surface area contributed by atoms with Gasteiger partial charge in [-0.1, -0.05) is 35.3 Å². The standard InChI is InChI=1S/C17H13Cl2N5O2S2/c18-13-3-1-2-4-14(13)21-17(27)20-11-5-7-12(8-6-11)28(25,26)24-16-10-9-15(19)22-23-16/h1-10H,(H,23,24)(H2,20,21,27). The first-order chi connectivity index (χ1) is 13.3. The molecule has 1 heterocycles. The molecule has 0 bridgehead atoms. The lowest BCUT2D eigenvalue weighted by Crippen LogP contribution is -2.19. The monoisotopic (exact) mass is 453 g/mol. The van der Waals surface area contributed by atoms with Crippen molar-refractivity contribution in [2.24, 2.45) is 0 Å². The molecular formula is C17H13Cl2N5O2S2. The van der Waals surface area contributed by atoms with Crippen molar-refractivity contribution >= 4 is 67.7 Å². The first-order valence-electron chi connectivity index (χ1n) is 7.78. The van der Waals surface area contributed by atoms with Gasteiger partial charge in [0, 0.05) is 5.69 Å². The number of benzene rings is 2. The van der Waals surface area contributed by atoms with Gasteiger partial charge in [0.1, 0.15) is 0 Å². The van der Waals surface area contributed by atoms with Gasteiger partial charge in [0.25, 0.3) is 10.0 Å². The minimum atomic E-state index is -3.81. The number of sulfonamides is 1. The third-order valence-corrected chi connectivity index (χ3v) is 5.52. The highest BCUT2D eigenvalue weighted by Gasteiger charge is 2.15. The molecule has 0 spiro atoms. The highest BCUT2D eigenvalue weighted by Crippen LogP contribution is 2.21. The molecule has 0 radical (unpaired) electrons. The van der Waals surface area contributed by atoms with Crippen LogP contribution in [-0.4, -0.2) is 23.7 Å². The van der Waals surface area contributed by atoms with E-state index in [-0.39, 0.29) is 15.9 Å². The SMILES string of the molecule is O=S(=O)(Nc1ccc(Cl)nn1)c1ccc(NC(=S)Nc2ccccc2Cl)cc1. The second-order valence-electron chi connectivity index (χ2n) is 5.43. The maximum atomic E-state index is 12.4. The average molecular weight is 454 g/mol. The molecule has 144 valence electrons. The van der Waals surface area contributed by atoms with Gasteiger partial charge in [-0.25, -0.2) is 8.42 Å². The fourth-order valence-corrected chi connectivity index (χ4v) is 3.64. The summed E-state index contributed by atoms with van der Waals surface area (Å²) >= 11 is 17.0. The Hall–Kier alpha value is -2.46. The number of nitrogens with zero attached hydrogens (tertiary/aromatic N) is 2. The summed E-state index contributed by atoms with van der Waals surface area (Å²) in [6, 6.07) is 16.1.